The maximum atomic E-state index is 13.6. The predicted octanol–water partition coefficient (Wildman–Crippen LogP) is 2.96. The fraction of sp³-hybridized carbons (Fsp3) is 0.667. The number of piperazine rings is 1. The minimum absolute atomic E-state index is 0.0571. The Morgan fingerprint density at radius 2 is 1.85 bits per heavy atom. The maximum absolute atomic E-state index is 13.6. The first-order chi connectivity index (χ1) is 18.4. The average molecular weight is 556 g/mol. The third-order valence-electron chi connectivity index (χ3n) is 7.38. The number of aryl methyl sites for hydroxylation is 1. The lowest BCUT2D eigenvalue weighted by Gasteiger charge is -2.42. The van der Waals surface area contributed by atoms with Gasteiger partial charge in [-0.3, -0.25) is 14.5 Å². The minimum atomic E-state index is -4.33. The zero-order chi connectivity index (χ0) is 28.7. The van der Waals surface area contributed by atoms with Crippen molar-refractivity contribution < 1.29 is 32.3 Å². The van der Waals surface area contributed by atoms with E-state index in [-0.39, 0.29) is 44.0 Å². The number of likely N-dealkylation sites (N-methyl/N-ethyl adjacent to an activating group) is 1. The number of hydrogen-bond acceptors (Lipinski definition) is 6. The van der Waals surface area contributed by atoms with Crippen molar-refractivity contribution in [1.82, 2.24) is 25.8 Å². The molecule has 2 aliphatic rings. The highest BCUT2D eigenvalue weighted by molar-refractivity contribution is 5.90. The van der Waals surface area contributed by atoms with Crippen LogP contribution in [0, 0.1) is 5.92 Å². The first-order valence-corrected chi connectivity index (χ1v) is 13.5. The van der Waals surface area contributed by atoms with Crippen molar-refractivity contribution in [3.8, 4) is 0 Å². The molecule has 1 fully saturated rings. The van der Waals surface area contributed by atoms with E-state index in [9.17, 15) is 27.6 Å². The van der Waals surface area contributed by atoms with E-state index < -0.39 is 42.9 Å². The molecule has 12 heteroatoms. The molecule has 218 valence electrons. The summed E-state index contributed by atoms with van der Waals surface area (Å²) in [6, 6.07) is 6.13. The molecule has 39 heavy (non-hydrogen) atoms. The fourth-order valence-corrected chi connectivity index (χ4v) is 4.95. The van der Waals surface area contributed by atoms with Gasteiger partial charge in [0.25, 0.3) is 0 Å². The SMILES string of the molecule is CN[C@@H](C)C(=O)N[C@H](C(=O)N1CCN(CCC(F)(F)F)C[C@@H]1OC(=O)NC1CCCc2ccccc21)C(C)C. The average Bonchev–Trinajstić information content (AvgIpc) is 2.89. The number of carbonyl (C=O) groups is 3. The number of benzene rings is 1. The van der Waals surface area contributed by atoms with Crippen molar-refractivity contribution >= 4 is 17.9 Å². The Morgan fingerprint density at radius 1 is 1.13 bits per heavy atom. The first-order valence-electron chi connectivity index (χ1n) is 13.5. The summed E-state index contributed by atoms with van der Waals surface area (Å²) in [7, 11) is 1.63. The topological polar surface area (TPSA) is 103 Å². The summed E-state index contributed by atoms with van der Waals surface area (Å²) in [5, 5.41) is 8.47. The second-order valence-electron chi connectivity index (χ2n) is 10.6. The van der Waals surface area contributed by atoms with E-state index in [1.165, 1.54) is 9.80 Å². The van der Waals surface area contributed by atoms with Gasteiger partial charge in [0.05, 0.1) is 25.0 Å². The Hall–Kier alpha value is -2.86. The Kier molecular flexibility index (Phi) is 10.6. The minimum Gasteiger partial charge on any atom is -0.424 e. The number of hydrogen-bond donors (Lipinski definition) is 3. The van der Waals surface area contributed by atoms with Crippen LogP contribution in [0.1, 0.15) is 57.2 Å². The molecule has 0 saturated carbocycles. The smallest absolute Gasteiger partial charge is 0.409 e. The quantitative estimate of drug-likeness (QED) is 0.433. The van der Waals surface area contributed by atoms with E-state index >= 15 is 0 Å². The molecule has 1 aliphatic heterocycles. The number of nitrogens with zero attached hydrogens (tertiary/aromatic N) is 2. The molecule has 3 N–H and O–H groups in total. The highest BCUT2D eigenvalue weighted by atomic mass is 19.4. The fourth-order valence-electron chi connectivity index (χ4n) is 4.95. The molecule has 1 saturated heterocycles. The molecular formula is C27H40F3N5O4. The van der Waals surface area contributed by atoms with Gasteiger partial charge in [0.2, 0.25) is 11.8 Å². The Labute approximate surface area is 227 Å². The first kappa shape index (κ1) is 30.7. The maximum Gasteiger partial charge on any atom is 0.409 e. The van der Waals surface area contributed by atoms with Gasteiger partial charge in [-0.1, -0.05) is 38.1 Å². The summed E-state index contributed by atoms with van der Waals surface area (Å²) in [6.45, 7) is 5.14. The lowest BCUT2D eigenvalue weighted by atomic mass is 9.88. The van der Waals surface area contributed by atoms with E-state index in [1.54, 1.807) is 27.8 Å². The van der Waals surface area contributed by atoms with E-state index in [0.717, 1.165) is 30.4 Å². The van der Waals surface area contributed by atoms with Gasteiger partial charge in [0.1, 0.15) is 6.04 Å². The number of ether oxygens (including phenoxy) is 1. The second kappa shape index (κ2) is 13.5. The van der Waals surface area contributed by atoms with E-state index in [2.05, 4.69) is 16.0 Å². The molecule has 4 atom stereocenters. The van der Waals surface area contributed by atoms with Gasteiger partial charge in [-0.25, -0.2) is 4.79 Å². The van der Waals surface area contributed by atoms with Crippen LogP contribution in [0.3, 0.4) is 0 Å². The molecular weight excluding hydrogens is 515 g/mol. The van der Waals surface area contributed by atoms with Gasteiger partial charge in [-0.2, -0.15) is 13.2 Å². The van der Waals surface area contributed by atoms with Crippen LogP contribution in [0.2, 0.25) is 0 Å². The van der Waals surface area contributed by atoms with Gasteiger partial charge >= 0.3 is 12.3 Å². The number of amides is 3. The summed E-state index contributed by atoms with van der Waals surface area (Å²) in [4.78, 5) is 42.1. The van der Waals surface area contributed by atoms with Crippen molar-refractivity contribution in [3.05, 3.63) is 35.4 Å². The summed E-state index contributed by atoms with van der Waals surface area (Å²) in [6.07, 6.45) is -4.66. The molecule has 9 nitrogen and oxygen atoms in total. The van der Waals surface area contributed by atoms with Gasteiger partial charge in [-0.05, 0) is 50.3 Å². The highest BCUT2D eigenvalue weighted by Gasteiger charge is 2.39. The van der Waals surface area contributed by atoms with Crippen LogP contribution in [0.25, 0.3) is 0 Å². The molecule has 0 aromatic heterocycles. The molecule has 3 amide bonds. The molecule has 1 aliphatic carbocycles. The van der Waals surface area contributed by atoms with Crippen molar-refractivity contribution in [2.45, 2.75) is 77.0 Å². The summed E-state index contributed by atoms with van der Waals surface area (Å²) in [5.41, 5.74) is 2.15. The number of alkyl halides is 3. The molecule has 3 rings (SSSR count). The molecule has 0 bridgehead atoms. The summed E-state index contributed by atoms with van der Waals surface area (Å²) < 4.78 is 44.4. The zero-order valence-electron chi connectivity index (χ0n) is 23.0. The molecule has 0 radical (unpaired) electrons. The van der Waals surface area contributed by atoms with Crippen LogP contribution < -0.4 is 16.0 Å². The standard InChI is InChI=1S/C27H40F3N5O4/c1-17(2)23(33-24(36)18(3)31-4)25(37)35-15-14-34(13-12-27(28,29)30)16-22(35)39-26(38)32-21-11-7-9-19-8-5-6-10-20(19)21/h5-6,8,10,17-18,21-23,31H,7,9,11-16H2,1-4H3,(H,32,38)(H,33,36)/t18-,21?,22-,23-/m0/s1. The molecule has 1 aromatic carbocycles. The van der Waals surface area contributed by atoms with Gasteiger partial charge in [0, 0.05) is 19.6 Å². The van der Waals surface area contributed by atoms with E-state index in [4.69, 9.17) is 4.74 Å². The van der Waals surface area contributed by atoms with E-state index in [0.29, 0.717) is 0 Å². The van der Waals surface area contributed by atoms with E-state index in [1.807, 2.05) is 24.3 Å². The Bertz CT molecular complexity index is 1010. The normalized spacial score (nSPS) is 21.6. The largest absolute Gasteiger partial charge is 0.424 e. The summed E-state index contributed by atoms with van der Waals surface area (Å²) >= 11 is 0. The highest BCUT2D eigenvalue weighted by Crippen LogP contribution is 2.30. The molecule has 1 aromatic rings. The second-order valence-corrected chi connectivity index (χ2v) is 10.6. The number of carbonyl (C=O) groups excluding carboxylic acids is 3. The number of halogens is 3. The van der Waals surface area contributed by atoms with Crippen LogP contribution in [0.4, 0.5) is 18.0 Å². The van der Waals surface area contributed by atoms with Crippen molar-refractivity contribution in [3.63, 3.8) is 0 Å². The van der Waals surface area contributed by atoms with Crippen molar-refractivity contribution in [2.24, 2.45) is 5.92 Å². The molecule has 1 unspecified atom stereocenters. The van der Waals surface area contributed by atoms with Crippen LogP contribution in [-0.2, 0) is 20.7 Å². The van der Waals surface area contributed by atoms with Crippen molar-refractivity contribution in [2.75, 3.05) is 33.2 Å². The van der Waals surface area contributed by atoms with Gasteiger partial charge in [-0.15, -0.1) is 0 Å². The van der Waals surface area contributed by atoms with Crippen LogP contribution in [0.5, 0.6) is 0 Å². The zero-order valence-corrected chi connectivity index (χ0v) is 23.0. The van der Waals surface area contributed by atoms with Crippen molar-refractivity contribution in [1.29, 1.82) is 0 Å². The lowest BCUT2D eigenvalue weighted by Crippen LogP contribution is -2.62. The number of fused-ring (bicyclic) bond motifs is 1. The predicted molar refractivity (Wildman–Crippen MR) is 140 cm³/mol. The molecule has 0 spiro atoms. The number of rotatable bonds is 9. The Morgan fingerprint density at radius 3 is 2.51 bits per heavy atom. The van der Waals surface area contributed by atoms with Crippen LogP contribution in [0.15, 0.2) is 24.3 Å². The Balaban J connectivity index is 1.76. The van der Waals surface area contributed by atoms with Crippen LogP contribution >= 0.6 is 0 Å². The third kappa shape index (κ3) is 8.56. The number of alkyl carbamates (subject to hydrolysis) is 1. The van der Waals surface area contributed by atoms with Crippen LogP contribution in [-0.4, -0.2) is 85.4 Å². The monoisotopic (exact) mass is 555 g/mol. The summed E-state index contributed by atoms with van der Waals surface area (Å²) in [5.74, 6) is -1.08. The number of nitrogens with one attached hydrogen (secondary N) is 3. The van der Waals surface area contributed by atoms with Gasteiger partial charge < -0.3 is 25.6 Å². The van der Waals surface area contributed by atoms with Gasteiger partial charge in [0.15, 0.2) is 6.23 Å². The third-order valence-corrected chi connectivity index (χ3v) is 7.38. The lowest BCUT2D eigenvalue weighted by molar-refractivity contribution is -0.157. The molecule has 1 heterocycles.